The molecule has 0 saturated carbocycles. The van der Waals surface area contributed by atoms with Crippen molar-refractivity contribution in [2.24, 2.45) is 5.84 Å². The first kappa shape index (κ1) is 10.8. The molecule has 0 fully saturated rings. The van der Waals surface area contributed by atoms with E-state index in [1.54, 1.807) is 22.7 Å². The van der Waals surface area contributed by atoms with Gasteiger partial charge in [-0.1, -0.05) is 0 Å². The molecular weight excluding hydrogens is 224 g/mol. The molecule has 2 aromatic rings. The van der Waals surface area contributed by atoms with E-state index < -0.39 is 0 Å². The third-order valence-corrected chi connectivity index (χ3v) is 4.39. The lowest BCUT2D eigenvalue weighted by atomic mass is 10.2. The quantitative estimate of drug-likeness (QED) is 0.637. The van der Waals surface area contributed by atoms with E-state index >= 15 is 0 Å². The van der Waals surface area contributed by atoms with Gasteiger partial charge in [-0.3, -0.25) is 5.84 Å². The van der Waals surface area contributed by atoms with Crippen LogP contribution < -0.4 is 11.3 Å². The van der Waals surface area contributed by atoms with Crippen LogP contribution in [0.15, 0.2) is 24.3 Å². The minimum Gasteiger partial charge on any atom is -0.271 e. The van der Waals surface area contributed by atoms with E-state index in [1.165, 1.54) is 19.5 Å². The number of nitrogens with one attached hydrogen (secondary N) is 1. The Morgan fingerprint density at radius 2 is 1.47 bits per heavy atom. The Balaban J connectivity index is 2.32. The van der Waals surface area contributed by atoms with Gasteiger partial charge >= 0.3 is 0 Å². The Kier molecular flexibility index (Phi) is 3.21. The van der Waals surface area contributed by atoms with E-state index in [2.05, 4.69) is 43.5 Å². The van der Waals surface area contributed by atoms with Crippen molar-refractivity contribution in [3.8, 4) is 0 Å². The second-order valence-electron chi connectivity index (χ2n) is 3.50. The molecule has 0 amide bonds. The molecule has 2 nitrogen and oxygen atoms in total. The summed E-state index contributed by atoms with van der Waals surface area (Å²) in [6.07, 6.45) is 0. The lowest BCUT2D eigenvalue weighted by molar-refractivity contribution is 0.656. The summed E-state index contributed by atoms with van der Waals surface area (Å²) in [4.78, 5) is 5.19. The summed E-state index contributed by atoms with van der Waals surface area (Å²) in [5.74, 6) is 5.62. The van der Waals surface area contributed by atoms with E-state index in [0.29, 0.717) is 0 Å². The maximum absolute atomic E-state index is 5.62. The number of rotatable bonds is 3. The molecule has 0 bridgehead atoms. The molecule has 0 saturated heterocycles. The minimum absolute atomic E-state index is 0.141. The van der Waals surface area contributed by atoms with Gasteiger partial charge in [-0.05, 0) is 38.1 Å². The fraction of sp³-hybridized carbons (Fsp3) is 0.273. The highest BCUT2D eigenvalue weighted by Gasteiger charge is 2.15. The van der Waals surface area contributed by atoms with Gasteiger partial charge < -0.3 is 0 Å². The van der Waals surface area contributed by atoms with Crippen LogP contribution in [0.3, 0.4) is 0 Å². The first-order valence-electron chi connectivity index (χ1n) is 4.79. The molecule has 15 heavy (non-hydrogen) atoms. The molecule has 0 aliphatic rings. The van der Waals surface area contributed by atoms with Gasteiger partial charge in [-0.15, -0.1) is 22.7 Å². The predicted molar refractivity (Wildman–Crippen MR) is 67.3 cm³/mol. The van der Waals surface area contributed by atoms with Crippen molar-refractivity contribution in [2.45, 2.75) is 19.9 Å². The van der Waals surface area contributed by atoms with Gasteiger partial charge in [0.25, 0.3) is 0 Å². The Labute approximate surface area is 97.7 Å². The molecule has 0 aromatic carbocycles. The molecule has 2 heterocycles. The zero-order chi connectivity index (χ0) is 10.8. The molecule has 2 aromatic heterocycles. The highest BCUT2D eigenvalue weighted by Crippen LogP contribution is 2.31. The van der Waals surface area contributed by atoms with E-state index in [4.69, 9.17) is 5.84 Å². The summed E-state index contributed by atoms with van der Waals surface area (Å²) in [5.41, 5.74) is 2.88. The SMILES string of the molecule is Cc1ccc(C(NN)c2ccc(C)s2)s1. The molecule has 80 valence electrons. The zero-order valence-corrected chi connectivity index (χ0v) is 10.4. The smallest absolute Gasteiger partial charge is 0.0894 e. The van der Waals surface area contributed by atoms with Gasteiger partial charge in [-0.25, -0.2) is 5.43 Å². The van der Waals surface area contributed by atoms with Gasteiger partial charge in [0.1, 0.15) is 0 Å². The lowest BCUT2D eigenvalue weighted by Gasteiger charge is -2.11. The second kappa shape index (κ2) is 4.45. The first-order valence-corrected chi connectivity index (χ1v) is 6.43. The van der Waals surface area contributed by atoms with Crippen molar-refractivity contribution in [1.82, 2.24) is 5.43 Å². The maximum Gasteiger partial charge on any atom is 0.0894 e. The predicted octanol–water partition coefficient (Wildman–Crippen LogP) is 2.98. The minimum atomic E-state index is 0.141. The third-order valence-electron chi connectivity index (χ3n) is 2.26. The number of hydrazine groups is 1. The number of thiophene rings is 2. The van der Waals surface area contributed by atoms with Crippen molar-refractivity contribution in [3.63, 3.8) is 0 Å². The van der Waals surface area contributed by atoms with Crippen molar-refractivity contribution >= 4 is 22.7 Å². The van der Waals surface area contributed by atoms with Crippen LogP contribution in [0.25, 0.3) is 0 Å². The largest absolute Gasteiger partial charge is 0.271 e. The summed E-state index contributed by atoms with van der Waals surface area (Å²) in [7, 11) is 0. The van der Waals surface area contributed by atoms with E-state index in [-0.39, 0.29) is 6.04 Å². The lowest BCUT2D eigenvalue weighted by Crippen LogP contribution is -2.27. The number of hydrogen-bond acceptors (Lipinski definition) is 4. The van der Waals surface area contributed by atoms with Gasteiger partial charge in [0.15, 0.2) is 0 Å². The van der Waals surface area contributed by atoms with Crippen LogP contribution in [0.5, 0.6) is 0 Å². The average Bonchev–Trinajstić information content (AvgIpc) is 2.78. The van der Waals surface area contributed by atoms with Gasteiger partial charge in [0.05, 0.1) is 6.04 Å². The summed E-state index contributed by atoms with van der Waals surface area (Å²) < 4.78 is 0. The van der Waals surface area contributed by atoms with Crippen molar-refractivity contribution in [1.29, 1.82) is 0 Å². The van der Waals surface area contributed by atoms with Gasteiger partial charge in [0, 0.05) is 19.5 Å². The second-order valence-corrected chi connectivity index (χ2v) is 6.14. The zero-order valence-electron chi connectivity index (χ0n) is 8.78. The molecule has 0 spiro atoms. The van der Waals surface area contributed by atoms with Crippen molar-refractivity contribution < 1.29 is 0 Å². The average molecular weight is 238 g/mol. The molecule has 2 rings (SSSR count). The van der Waals surface area contributed by atoms with Gasteiger partial charge in [0.2, 0.25) is 0 Å². The highest BCUT2D eigenvalue weighted by atomic mass is 32.1. The van der Waals surface area contributed by atoms with Crippen LogP contribution in [-0.4, -0.2) is 0 Å². The summed E-state index contributed by atoms with van der Waals surface area (Å²) in [5, 5.41) is 0. The van der Waals surface area contributed by atoms with E-state index in [1.807, 2.05) is 0 Å². The number of hydrogen-bond donors (Lipinski definition) is 2. The Morgan fingerprint density at radius 1 is 1.00 bits per heavy atom. The highest BCUT2D eigenvalue weighted by molar-refractivity contribution is 7.13. The fourth-order valence-electron chi connectivity index (χ4n) is 1.52. The van der Waals surface area contributed by atoms with Crippen molar-refractivity contribution in [2.75, 3.05) is 0 Å². The number of aryl methyl sites for hydroxylation is 2. The molecule has 3 N–H and O–H groups in total. The van der Waals surface area contributed by atoms with Crippen LogP contribution in [0.4, 0.5) is 0 Å². The molecular formula is C11H14N2S2. The Hall–Kier alpha value is -0.680. The summed E-state index contributed by atoms with van der Waals surface area (Å²) in [6, 6.07) is 8.68. The Bertz CT molecular complexity index is 405. The molecule has 0 aliphatic heterocycles. The molecule has 0 atom stereocenters. The van der Waals surface area contributed by atoms with Crippen LogP contribution in [-0.2, 0) is 0 Å². The monoisotopic (exact) mass is 238 g/mol. The molecule has 4 heteroatoms. The van der Waals surface area contributed by atoms with Crippen LogP contribution in [0.1, 0.15) is 25.6 Å². The number of nitrogens with two attached hydrogens (primary N) is 1. The van der Waals surface area contributed by atoms with Crippen LogP contribution >= 0.6 is 22.7 Å². The van der Waals surface area contributed by atoms with Gasteiger partial charge in [-0.2, -0.15) is 0 Å². The molecule has 0 unspecified atom stereocenters. The Morgan fingerprint density at radius 3 is 1.73 bits per heavy atom. The van der Waals surface area contributed by atoms with Crippen LogP contribution in [0.2, 0.25) is 0 Å². The topological polar surface area (TPSA) is 38.0 Å². The maximum atomic E-state index is 5.62. The standard InChI is InChI=1S/C11H14N2S2/c1-7-3-5-9(14-7)11(13-12)10-6-4-8(2)15-10/h3-6,11,13H,12H2,1-2H3. The summed E-state index contributed by atoms with van der Waals surface area (Å²) in [6.45, 7) is 4.23. The van der Waals surface area contributed by atoms with Crippen LogP contribution in [0, 0.1) is 13.8 Å². The normalized spacial score (nSPS) is 11.2. The van der Waals surface area contributed by atoms with E-state index in [0.717, 1.165) is 0 Å². The van der Waals surface area contributed by atoms with Crippen molar-refractivity contribution in [3.05, 3.63) is 43.8 Å². The molecule has 0 aliphatic carbocycles. The molecule has 0 radical (unpaired) electrons. The van der Waals surface area contributed by atoms with E-state index in [9.17, 15) is 0 Å². The third kappa shape index (κ3) is 2.29. The fourth-order valence-corrected chi connectivity index (χ4v) is 3.51. The first-order chi connectivity index (χ1) is 7.20. The summed E-state index contributed by atoms with van der Waals surface area (Å²) >= 11 is 3.58.